The molecule has 0 aromatic carbocycles. The van der Waals surface area contributed by atoms with Crippen molar-refractivity contribution in [3.63, 3.8) is 0 Å². The minimum atomic E-state index is -4.64. The zero-order chi connectivity index (χ0) is 46.9. The highest BCUT2D eigenvalue weighted by Crippen LogP contribution is 2.43. The van der Waals surface area contributed by atoms with Crippen LogP contribution in [0.5, 0.6) is 0 Å². The van der Waals surface area contributed by atoms with Crippen LogP contribution in [0.3, 0.4) is 0 Å². The molecule has 0 amide bonds. The number of hydrogen-bond donors (Lipinski definition) is 3. The summed E-state index contributed by atoms with van der Waals surface area (Å²) in [6.07, 6.45) is 55.2. The standard InChI is InChI=1S/C53H97O10P/c1-3-5-7-9-11-13-15-17-19-21-23-25-27-28-30-32-34-36-38-40-42-44-52(56)60-48-51(49-62-64(58,59)61-47-50(55)46-54)63-53(57)45-43-41-39-37-35-33-31-29-26-24-22-20-18-16-14-12-10-8-6-4-2/h19,21,25,27,30,32,36,38,50-51,54-55H,3-18,20,22-24,26,28-29,31,33-35,37,39-49H2,1-2H3,(H,58,59)/b21-19+,27-25+,32-30+,38-36+/t50-,51+/m0/s1. The van der Waals surface area contributed by atoms with Gasteiger partial charge in [-0.2, -0.15) is 0 Å². The zero-order valence-electron chi connectivity index (χ0n) is 41.0. The van der Waals surface area contributed by atoms with E-state index in [1.54, 1.807) is 0 Å². The van der Waals surface area contributed by atoms with Gasteiger partial charge in [-0.3, -0.25) is 18.6 Å². The van der Waals surface area contributed by atoms with Crippen LogP contribution in [0.4, 0.5) is 0 Å². The number of phosphoric acid groups is 1. The van der Waals surface area contributed by atoms with Crippen molar-refractivity contribution in [2.45, 2.75) is 251 Å². The molecule has 1 unspecified atom stereocenters. The Morgan fingerprint density at radius 3 is 1.27 bits per heavy atom. The Kier molecular flexibility index (Phi) is 47.3. The maximum atomic E-state index is 12.7. The lowest BCUT2D eigenvalue weighted by molar-refractivity contribution is -0.161. The van der Waals surface area contributed by atoms with Crippen LogP contribution in [0, 0.1) is 0 Å². The molecule has 374 valence electrons. The molecule has 0 fully saturated rings. The number of carbonyl (C=O) groups excluding carboxylic acids is 2. The van der Waals surface area contributed by atoms with E-state index in [4.69, 9.17) is 23.6 Å². The van der Waals surface area contributed by atoms with Gasteiger partial charge in [0, 0.05) is 12.8 Å². The van der Waals surface area contributed by atoms with Gasteiger partial charge in [0.1, 0.15) is 12.7 Å². The van der Waals surface area contributed by atoms with Crippen LogP contribution < -0.4 is 0 Å². The van der Waals surface area contributed by atoms with Gasteiger partial charge in [0.2, 0.25) is 0 Å². The van der Waals surface area contributed by atoms with E-state index >= 15 is 0 Å². The fraction of sp³-hybridized carbons (Fsp3) is 0.811. The number of allylic oxidation sites excluding steroid dienone is 8. The highest BCUT2D eigenvalue weighted by molar-refractivity contribution is 7.47. The second-order valence-electron chi connectivity index (χ2n) is 17.6. The first kappa shape index (κ1) is 61.9. The van der Waals surface area contributed by atoms with E-state index in [1.165, 1.54) is 154 Å². The molecule has 64 heavy (non-hydrogen) atoms. The van der Waals surface area contributed by atoms with Crippen molar-refractivity contribution in [3.8, 4) is 0 Å². The lowest BCUT2D eigenvalue weighted by atomic mass is 10.0. The van der Waals surface area contributed by atoms with Crippen molar-refractivity contribution < 1.29 is 47.8 Å². The van der Waals surface area contributed by atoms with Crippen molar-refractivity contribution >= 4 is 19.8 Å². The molecule has 0 aliphatic heterocycles. The van der Waals surface area contributed by atoms with Gasteiger partial charge in [-0.15, -0.1) is 0 Å². The summed E-state index contributed by atoms with van der Waals surface area (Å²) in [5.74, 6) is -0.981. The number of carbonyl (C=O) groups is 2. The van der Waals surface area contributed by atoms with E-state index < -0.39 is 51.8 Å². The highest BCUT2D eigenvalue weighted by atomic mass is 31.2. The fourth-order valence-corrected chi connectivity index (χ4v) is 8.01. The summed E-state index contributed by atoms with van der Waals surface area (Å²) in [6, 6.07) is 0. The summed E-state index contributed by atoms with van der Waals surface area (Å²) < 4.78 is 32.8. The Labute approximate surface area is 392 Å². The van der Waals surface area contributed by atoms with Crippen LogP contribution in [0.1, 0.15) is 239 Å². The molecule has 3 N–H and O–H groups in total. The molecule has 0 aromatic rings. The van der Waals surface area contributed by atoms with Crippen LogP contribution in [-0.4, -0.2) is 65.7 Å². The summed E-state index contributed by atoms with van der Waals surface area (Å²) in [5.41, 5.74) is 0. The van der Waals surface area contributed by atoms with Crippen LogP contribution in [-0.2, 0) is 32.7 Å². The van der Waals surface area contributed by atoms with Gasteiger partial charge in [-0.05, 0) is 51.4 Å². The summed E-state index contributed by atoms with van der Waals surface area (Å²) in [4.78, 5) is 35.2. The van der Waals surface area contributed by atoms with Crippen LogP contribution in [0.2, 0.25) is 0 Å². The predicted octanol–water partition coefficient (Wildman–Crippen LogP) is 14.8. The Balaban J connectivity index is 4.25. The molecule has 3 atom stereocenters. The minimum Gasteiger partial charge on any atom is -0.462 e. The van der Waals surface area contributed by atoms with Crippen LogP contribution in [0.25, 0.3) is 0 Å². The second-order valence-corrected chi connectivity index (χ2v) is 19.0. The van der Waals surface area contributed by atoms with Gasteiger partial charge in [0.15, 0.2) is 6.10 Å². The van der Waals surface area contributed by atoms with Gasteiger partial charge < -0.3 is 24.6 Å². The molecule has 0 bridgehead atoms. The quantitative estimate of drug-likeness (QED) is 0.0233. The molecule has 0 heterocycles. The molecule has 10 nitrogen and oxygen atoms in total. The van der Waals surface area contributed by atoms with E-state index in [-0.39, 0.29) is 19.4 Å². The molecular formula is C53H97O10P. The Morgan fingerprint density at radius 2 is 0.828 bits per heavy atom. The maximum Gasteiger partial charge on any atom is 0.472 e. The molecule has 0 saturated carbocycles. The number of phosphoric ester groups is 1. The lowest BCUT2D eigenvalue weighted by Crippen LogP contribution is -2.29. The van der Waals surface area contributed by atoms with Crippen LogP contribution >= 0.6 is 7.82 Å². The molecule has 0 aromatic heterocycles. The summed E-state index contributed by atoms with van der Waals surface area (Å²) in [5, 5.41) is 18.4. The summed E-state index contributed by atoms with van der Waals surface area (Å²) in [7, 11) is -4.64. The molecule has 0 saturated heterocycles. The van der Waals surface area contributed by atoms with Crippen molar-refractivity contribution in [1.82, 2.24) is 0 Å². The normalized spacial score (nSPS) is 14.0. The predicted molar refractivity (Wildman–Crippen MR) is 265 cm³/mol. The number of rotatable bonds is 49. The van der Waals surface area contributed by atoms with Gasteiger partial charge in [0.05, 0.1) is 19.8 Å². The molecule has 0 aliphatic carbocycles. The third-order valence-electron chi connectivity index (χ3n) is 11.2. The number of esters is 2. The third kappa shape index (κ3) is 47.9. The monoisotopic (exact) mass is 925 g/mol. The van der Waals surface area contributed by atoms with Crippen molar-refractivity contribution in [2.75, 3.05) is 26.4 Å². The van der Waals surface area contributed by atoms with Gasteiger partial charge in [-0.1, -0.05) is 223 Å². The number of ether oxygens (including phenoxy) is 2. The minimum absolute atomic E-state index is 0.167. The number of aliphatic hydroxyl groups excluding tert-OH is 2. The highest BCUT2D eigenvalue weighted by Gasteiger charge is 2.27. The van der Waals surface area contributed by atoms with Gasteiger partial charge in [0.25, 0.3) is 0 Å². The first-order valence-electron chi connectivity index (χ1n) is 26.1. The van der Waals surface area contributed by atoms with E-state index in [2.05, 4.69) is 56.4 Å². The number of aliphatic hydroxyl groups is 2. The maximum absolute atomic E-state index is 12.7. The topological polar surface area (TPSA) is 149 Å². The lowest BCUT2D eigenvalue weighted by Gasteiger charge is -2.20. The smallest absolute Gasteiger partial charge is 0.462 e. The first-order valence-corrected chi connectivity index (χ1v) is 27.6. The SMILES string of the molecule is CCCCCCCCC/C=C/C/C=C/C/C=C/C/C=C/CCCC(=O)OC[C@H](COP(=O)(O)OC[C@@H](O)CO)OC(=O)CCCCCCCCCCCCCCCCCCCCCC. The largest absolute Gasteiger partial charge is 0.472 e. The van der Waals surface area contributed by atoms with Crippen molar-refractivity contribution in [3.05, 3.63) is 48.6 Å². The average molecular weight is 925 g/mol. The zero-order valence-corrected chi connectivity index (χ0v) is 41.9. The van der Waals surface area contributed by atoms with Crippen LogP contribution in [0.15, 0.2) is 48.6 Å². The van der Waals surface area contributed by atoms with Crippen molar-refractivity contribution in [1.29, 1.82) is 0 Å². The number of unbranched alkanes of at least 4 members (excludes halogenated alkanes) is 27. The molecular weight excluding hydrogens is 828 g/mol. The molecule has 11 heteroatoms. The van der Waals surface area contributed by atoms with E-state index in [9.17, 15) is 24.2 Å². The van der Waals surface area contributed by atoms with Crippen molar-refractivity contribution in [2.24, 2.45) is 0 Å². The molecule has 0 radical (unpaired) electrons. The van der Waals surface area contributed by atoms with E-state index in [0.717, 1.165) is 38.5 Å². The molecule has 0 spiro atoms. The molecule has 0 rings (SSSR count). The fourth-order valence-electron chi connectivity index (χ4n) is 7.22. The van der Waals surface area contributed by atoms with Gasteiger partial charge in [-0.25, -0.2) is 4.57 Å². The van der Waals surface area contributed by atoms with E-state index in [1.807, 2.05) is 6.08 Å². The summed E-state index contributed by atoms with van der Waals surface area (Å²) in [6.45, 7) is 2.36. The Morgan fingerprint density at radius 1 is 0.469 bits per heavy atom. The number of hydrogen-bond acceptors (Lipinski definition) is 9. The summed E-state index contributed by atoms with van der Waals surface area (Å²) >= 11 is 0. The first-order chi connectivity index (χ1) is 31.2. The second kappa shape index (κ2) is 48.9. The van der Waals surface area contributed by atoms with Gasteiger partial charge >= 0.3 is 19.8 Å². The third-order valence-corrected chi connectivity index (χ3v) is 12.2. The van der Waals surface area contributed by atoms with E-state index in [0.29, 0.717) is 19.3 Å². The molecule has 0 aliphatic rings. The Hall–Kier alpha value is -2.07. The Bertz CT molecular complexity index is 1200. The average Bonchev–Trinajstić information content (AvgIpc) is 3.28.